The van der Waals surface area contributed by atoms with Gasteiger partial charge in [-0.2, -0.15) is 0 Å². The SMILES string of the molecule is O=[N+]([O-])c1ccc(N2CC[C@H]3CNC[C@H]32)nc1. The molecule has 0 saturated carbocycles. The number of nitro groups is 1. The highest BCUT2D eigenvalue weighted by Crippen LogP contribution is 2.31. The van der Waals surface area contributed by atoms with Crippen molar-refractivity contribution in [1.82, 2.24) is 10.3 Å². The Morgan fingerprint density at radius 1 is 1.47 bits per heavy atom. The number of nitrogens with zero attached hydrogens (tertiary/aromatic N) is 3. The molecule has 2 aliphatic heterocycles. The number of rotatable bonds is 2. The maximum absolute atomic E-state index is 10.6. The molecule has 0 aliphatic carbocycles. The average molecular weight is 234 g/mol. The van der Waals surface area contributed by atoms with Crippen LogP contribution in [0.25, 0.3) is 0 Å². The standard InChI is InChI=1S/C11H14N4O2/c16-15(17)9-1-2-11(13-6-9)14-4-3-8-5-12-7-10(8)14/h1-2,6,8,10,12H,3-5,7H2/t8-,10+/m0/s1. The highest BCUT2D eigenvalue weighted by Gasteiger charge is 2.38. The van der Waals surface area contributed by atoms with Crippen LogP contribution in [0.15, 0.2) is 18.3 Å². The summed E-state index contributed by atoms with van der Waals surface area (Å²) in [6.07, 6.45) is 2.52. The third-order valence-electron chi connectivity index (χ3n) is 3.68. The van der Waals surface area contributed by atoms with Crippen molar-refractivity contribution in [2.75, 3.05) is 24.5 Å². The minimum atomic E-state index is -0.416. The quantitative estimate of drug-likeness (QED) is 0.605. The molecule has 2 aliphatic rings. The Morgan fingerprint density at radius 2 is 2.35 bits per heavy atom. The molecule has 0 spiro atoms. The molecule has 17 heavy (non-hydrogen) atoms. The third kappa shape index (κ3) is 1.74. The Morgan fingerprint density at radius 3 is 3.06 bits per heavy atom. The van der Waals surface area contributed by atoms with E-state index in [1.54, 1.807) is 6.07 Å². The lowest BCUT2D eigenvalue weighted by Crippen LogP contribution is -2.34. The summed E-state index contributed by atoms with van der Waals surface area (Å²) in [5.74, 6) is 1.55. The molecule has 0 radical (unpaired) electrons. The predicted octanol–water partition coefficient (Wildman–Crippen LogP) is 0.788. The van der Waals surface area contributed by atoms with Gasteiger partial charge in [-0.05, 0) is 18.4 Å². The van der Waals surface area contributed by atoms with Gasteiger partial charge in [-0.3, -0.25) is 10.1 Å². The van der Waals surface area contributed by atoms with Crippen LogP contribution in [0.3, 0.4) is 0 Å². The summed E-state index contributed by atoms with van der Waals surface area (Å²) in [4.78, 5) is 16.6. The van der Waals surface area contributed by atoms with Crippen LogP contribution in [0.5, 0.6) is 0 Å². The second-order valence-electron chi connectivity index (χ2n) is 4.60. The zero-order valence-corrected chi connectivity index (χ0v) is 9.37. The van der Waals surface area contributed by atoms with E-state index >= 15 is 0 Å². The molecular formula is C11H14N4O2. The predicted molar refractivity (Wildman–Crippen MR) is 63.0 cm³/mol. The van der Waals surface area contributed by atoms with Crippen LogP contribution in [-0.4, -0.2) is 35.6 Å². The molecule has 6 nitrogen and oxygen atoms in total. The summed E-state index contributed by atoms with van der Waals surface area (Å²) in [7, 11) is 0. The first-order chi connectivity index (χ1) is 8.25. The molecule has 1 aromatic heterocycles. The van der Waals surface area contributed by atoms with E-state index in [1.165, 1.54) is 18.7 Å². The van der Waals surface area contributed by atoms with Gasteiger partial charge in [0.1, 0.15) is 12.0 Å². The fraction of sp³-hybridized carbons (Fsp3) is 0.545. The van der Waals surface area contributed by atoms with Gasteiger partial charge in [0.15, 0.2) is 0 Å². The van der Waals surface area contributed by atoms with Crippen molar-refractivity contribution in [2.24, 2.45) is 5.92 Å². The lowest BCUT2D eigenvalue weighted by Gasteiger charge is -2.24. The van der Waals surface area contributed by atoms with Gasteiger partial charge < -0.3 is 10.2 Å². The minimum Gasteiger partial charge on any atom is -0.352 e. The van der Waals surface area contributed by atoms with Crippen molar-refractivity contribution in [3.8, 4) is 0 Å². The molecule has 1 N–H and O–H groups in total. The van der Waals surface area contributed by atoms with Crippen LogP contribution in [0.4, 0.5) is 11.5 Å². The van der Waals surface area contributed by atoms with E-state index in [-0.39, 0.29) is 5.69 Å². The highest BCUT2D eigenvalue weighted by atomic mass is 16.6. The van der Waals surface area contributed by atoms with E-state index < -0.39 is 4.92 Å². The Kier molecular flexibility index (Phi) is 2.44. The molecule has 3 heterocycles. The lowest BCUT2D eigenvalue weighted by atomic mass is 10.1. The summed E-state index contributed by atoms with van der Waals surface area (Å²) in [5, 5.41) is 13.9. The first-order valence-corrected chi connectivity index (χ1v) is 5.83. The van der Waals surface area contributed by atoms with Crippen LogP contribution in [0.1, 0.15) is 6.42 Å². The largest absolute Gasteiger partial charge is 0.352 e. The van der Waals surface area contributed by atoms with Crippen molar-refractivity contribution >= 4 is 11.5 Å². The third-order valence-corrected chi connectivity index (χ3v) is 3.68. The van der Waals surface area contributed by atoms with Crippen molar-refractivity contribution in [1.29, 1.82) is 0 Å². The summed E-state index contributed by atoms with van der Waals surface area (Å²) in [6.45, 7) is 3.07. The van der Waals surface area contributed by atoms with E-state index in [1.807, 2.05) is 0 Å². The van der Waals surface area contributed by atoms with Gasteiger partial charge in [0.05, 0.1) is 4.92 Å². The number of fused-ring (bicyclic) bond motifs is 1. The second-order valence-corrected chi connectivity index (χ2v) is 4.60. The van der Waals surface area contributed by atoms with E-state index in [9.17, 15) is 10.1 Å². The number of aromatic nitrogens is 1. The molecule has 90 valence electrons. The summed E-state index contributed by atoms with van der Waals surface area (Å²) in [5.41, 5.74) is 0.0500. The Bertz CT molecular complexity index is 434. The molecule has 0 aromatic carbocycles. The van der Waals surface area contributed by atoms with Gasteiger partial charge in [-0.1, -0.05) is 0 Å². The van der Waals surface area contributed by atoms with Crippen molar-refractivity contribution in [3.05, 3.63) is 28.4 Å². The van der Waals surface area contributed by atoms with Crippen molar-refractivity contribution < 1.29 is 4.92 Å². The topological polar surface area (TPSA) is 71.3 Å². The molecule has 0 amide bonds. The van der Waals surface area contributed by atoms with Crippen LogP contribution in [0.2, 0.25) is 0 Å². The molecule has 3 rings (SSSR count). The average Bonchev–Trinajstić information content (AvgIpc) is 2.90. The first kappa shape index (κ1) is 10.5. The van der Waals surface area contributed by atoms with E-state index in [4.69, 9.17) is 0 Å². The van der Waals surface area contributed by atoms with E-state index in [0.29, 0.717) is 12.0 Å². The zero-order valence-electron chi connectivity index (χ0n) is 9.37. The number of hydrogen-bond acceptors (Lipinski definition) is 5. The maximum atomic E-state index is 10.6. The lowest BCUT2D eigenvalue weighted by molar-refractivity contribution is -0.385. The minimum absolute atomic E-state index is 0.0500. The van der Waals surface area contributed by atoms with Crippen LogP contribution in [0, 0.1) is 16.0 Å². The number of hydrogen-bond donors (Lipinski definition) is 1. The molecule has 0 unspecified atom stereocenters. The summed E-state index contributed by atoms with van der Waals surface area (Å²) < 4.78 is 0. The second kappa shape index (κ2) is 3.96. The highest BCUT2D eigenvalue weighted by molar-refractivity contribution is 5.45. The molecular weight excluding hydrogens is 220 g/mol. The van der Waals surface area contributed by atoms with E-state index in [0.717, 1.165) is 25.5 Å². The maximum Gasteiger partial charge on any atom is 0.287 e. The molecule has 2 atom stereocenters. The van der Waals surface area contributed by atoms with Gasteiger partial charge in [-0.25, -0.2) is 4.98 Å². The first-order valence-electron chi connectivity index (χ1n) is 5.83. The summed E-state index contributed by atoms with van der Waals surface area (Å²) >= 11 is 0. The molecule has 0 bridgehead atoms. The van der Waals surface area contributed by atoms with Gasteiger partial charge in [0.25, 0.3) is 5.69 Å². The smallest absolute Gasteiger partial charge is 0.287 e. The molecule has 6 heteroatoms. The van der Waals surface area contributed by atoms with Gasteiger partial charge in [0, 0.05) is 31.7 Å². The monoisotopic (exact) mass is 234 g/mol. The van der Waals surface area contributed by atoms with Gasteiger partial charge in [0.2, 0.25) is 0 Å². The van der Waals surface area contributed by atoms with E-state index in [2.05, 4.69) is 15.2 Å². The Labute approximate surface area is 98.8 Å². The fourth-order valence-electron chi connectivity index (χ4n) is 2.79. The summed E-state index contributed by atoms with van der Waals surface area (Å²) in [6, 6.07) is 3.78. The molecule has 2 fully saturated rings. The number of anilines is 1. The molecule has 1 aromatic rings. The van der Waals surface area contributed by atoms with Crippen LogP contribution in [-0.2, 0) is 0 Å². The fourth-order valence-corrected chi connectivity index (χ4v) is 2.79. The molecule has 2 saturated heterocycles. The Hall–Kier alpha value is -1.69. The Balaban J connectivity index is 1.82. The number of pyridine rings is 1. The van der Waals surface area contributed by atoms with Crippen LogP contribution < -0.4 is 10.2 Å². The van der Waals surface area contributed by atoms with Crippen molar-refractivity contribution in [3.63, 3.8) is 0 Å². The van der Waals surface area contributed by atoms with Crippen LogP contribution >= 0.6 is 0 Å². The zero-order chi connectivity index (χ0) is 11.8. The van der Waals surface area contributed by atoms with Gasteiger partial charge in [-0.15, -0.1) is 0 Å². The number of nitrogens with one attached hydrogen (secondary N) is 1. The normalized spacial score (nSPS) is 27.2. The van der Waals surface area contributed by atoms with Crippen molar-refractivity contribution in [2.45, 2.75) is 12.5 Å². The van der Waals surface area contributed by atoms with Gasteiger partial charge >= 0.3 is 0 Å².